The van der Waals surface area contributed by atoms with Crippen LogP contribution in [-0.4, -0.2) is 18.1 Å². The van der Waals surface area contributed by atoms with Gasteiger partial charge in [-0.25, -0.2) is 9.18 Å². The predicted molar refractivity (Wildman–Crippen MR) is 62.8 cm³/mol. The fourth-order valence-electron chi connectivity index (χ4n) is 1.83. The summed E-state index contributed by atoms with van der Waals surface area (Å²) < 4.78 is 18.1. The average Bonchev–Trinajstić information content (AvgIpc) is 2.79. The minimum atomic E-state index is -1.08. The van der Waals surface area contributed by atoms with Crippen molar-refractivity contribution in [3.05, 3.63) is 48.0 Å². The Bertz CT molecular complexity index is 475. The maximum Gasteiger partial charge on any atom is 0.334 e. The number of hydrogen-bond acceptors (Lipinski definition) is 4. The Morgan fingerprint density at radius 1 is 1.56 bits per heavy atom. The van der Waals surface area contributed by atoms with E-state index in [1.54, 1.807) is 25.1 Å². The number of rotatable bonds is 4. The van der Waals surface area contributed by atoms with Gasteiger partial charge < -0.3 is 9.57 Å². The van der Waals surface area contributed by atoms with Gasteiger partial charge in [0, 0.05) is 6.42 Å². The molecule has 0 fully saturated rings. The number of carbonyl (C=O) groups excluding carboxylic acids is 1. The summed E-state index contributed by atoms with van der Waals surface area (Å²) in [6.07, 6.45) is 3.23. The number of halogens is 1. The Kier molecular flexibility index (Phi) is 3.62. The van der Waals surface area contributed by atoms with Crippen molar-refractivity contribution < 1.29 is 18.8 Å². The molecule has 1 aliphatic rings. The van der Waals surface area contributed by atoms with Gasteiger partial charge in [-0.15, -0.1) is 5.48 Å². The third-order valence-corrected chi connectivity index (χ3v) is 2.67. The van der Waals surface area contributed by atoms with Crippen molar-refractivity contribution in [2.24, 2.45) is 0 Å². The molecular weight excluding hydrogens is 237 g/mol. The first kappa shape index (κ1) is 12.6. The predicted octanol–water partition coefficient (Wildman–Crippen LogP) is 1.72. The van der Waals surface area contributed by atoms with Crippen LogP contribution in [0.2, 0.25) is 0 Å². The molecule has 1 aromatic rings. The molecule has 1 aromatic carbocycles. The number of hydroxylamine groups is 1. The van der Waals surface area contributed by atoms with Gasteiger partial charge in [0.2, 0.25) is 0 Å². The van der Waals surface area contributed by atoms with Gasteiger partial charge in [-0.1, -0.05) is 12.1 Å². The van der Waals surface area contributed by atoms with E-state index in [-0.39, 0.29) is 18.8 Å². The molecule has 5 heteroatoms. The van der Waals surface area contributed by atoms with Crippen LogP contribution in [0.1, 0.15) is 12.5 Å². The highest BCUT2D eigenvalue weighted by molar-refractivity contribution is 5.84. The highest BCUT2D eigenvalue weighted by Crippen LogP contribution is 2.21. The fourth-order valence-corrected chi connectivity index (χ4v) is 1.83. The van der Waals surface area contributed by atoms with E-state index in [1.165, 1.54) is 18.4 Å². The highest BCUT2D eigenvalue weighted by Gasteiger charge is 2.41. The van der Waals surface area contributed by atoms with E-state index in [4.69, 9.17) is 9.57 Å². The van der Waals surface area contributed by atoms with Gasteiger partial charge in [-0.2, -0.15) is 0 Å². The van der Waals surface area contributed by atoms with Crippen LogP contribution in [0.3, 0.4) is 0 Å². The molecule has 1 heterocycles. The van der Waals surface area contributed by atoms with Crippen LogP contribution < -0.4 is 5.48 Å². The third-order valence-electron chi connectivity index (χ3n) is 2.67. The summed E-state index contributed by atoms with van der Waals surface area (Å²) in [6.45, 7) is 2.01. The van der Waals surface area contributed by atoms with Crippen LogP contribution in [0.25, 0.3) is 0 Å². The Morgan fingerprint density at radius 2 is 2.39 bits per heavy atom. The lowest BCUT2D eigenvalue weighted by atomic mass is 9.92. The van der Waals surface area contributed by atoms with E-state index in [2.05, 4.69) is 5.48 Å². The van der Waals surface area contributed by atoms with E-state index < -0.39 is 11.5 Å². The lowest BCUT2D eigenvalue weighted by molar-refractivity contribution is -0.151. The maximum absolute atomic E-state index is 13.1. The molecule has 4 nitrogen and oxygen atoms in total. The van der Waals surface area contributed by atoms with Gasteiger partial charge in [0.25, 0.3) is 0 Å². The first-order chi connectivity index (χ1) is 8.66. The third kappa shape index (κ3) is 2.51. The Morgan fingerprint density at radius 3 is 3.00 bits per heavy atom. The van der Waals surface area contributed by atoms with Crippen molar-refractivity contribution in [3.8, 4) is 0 Å². The van der Waals surface area contributed by atoms with Gasteiger partial charge in [-0.05, 0) is 30.7 Å². The maximum atomic E-state index is 13.1. The molecule has 1 atom stereocenters. The molecule has 0 amide bonds. The van der Waals surface area contributed by atoms with Gasteiger partial charge in [0.15, 0.2) is 5.54 Å². The van der Waals surface area contributed by atoms with Crippen LogP contribution in [0.5, 0.6) is 0 Å². The molecule has 1 aliphatic heterocycles. The zero-order valence-electron chi connectivity index (χ0n) is 9.98. The van der Waals surface area contributed by atoms with Crippen LogP contribution in [-0.2, 0) is 20.8 Å². The largest absolute Gasteiger partial charge is 0.464 e. The number of nitrogens with one attached hydrogen (secondary N) is 1. The second kappa shape index (κ2) is 5.18. The van der Waals surface area contributed by atoms with Gasteiger partial charge in [0.05, 0.1) is 6.61 Å². The fraction of sp³-hybridized carbons (Fsp3) is 0.308. The normalized spacial score (nSPS) is 21.7. The number of esters is 1. The van der Waals surface area contributed by atoms with E-state index >= 15 is 0 Å². The minimum absolute atomic E-state index is 0.264. The van der Waals surface area contributed by atoms with Crippen LogP contribution >= 0.6 is 0 Å². The second-order valence-electron chi connectivity index (χ2n) is 4.02. The molecule has 96 valence electrons. The molecule has 0 aromatic heterocycles. The summed E-state index contributed by atoms with van der Waals surface area (Å²) in [5, 5.41) is 0. The highest BCUT2D eigenvalue weighted by atomic mass is 19.1. The second-order valence-corrected chi connectivity index (χ2v) is 4.02. The Labute approximate surface area is 104 Å². The number of benzene rings is 1. The first-order valence-electron chi connectivity index (χ1n) is 5.68. The van der Waals surface area contributed by atoms with Crippen molar-refractivity contribution >= 4 is 5.97 Å². The summed E-state index contributed by atoms with van der Waals surface area (Å²) in [5.41, 5.74) is 2.22. The minimum Gasteiger partial charge on any atom is -0.464 e. The lowest BCUT2D eigenvalue weighted by Gasteiger charge is -2.23. The molecule has 0 bridgehead atoms. The van der Waals surface area contributed by atoms with Crippen LogP contribution in [0, 0.1) is 5.82 Å². The summed E-state index contributed by atoms with van der Waals surface area (Å²) in [7, 11) is 0. The van der Waals surface area contributed by atoms with E-state index in [9.17, 15) is 9.18 Å². The van der Waals surface area contributed by atoms with Crippen LogP contribution in [0.15, 0.2) is 36.6 Å². The molecule has 0 aliphatic carbocycles. The Balaban J connectivity index is 2.21. The monoisotopic (exact) mass is 251 g/mol. The average molecular weight is 251 g/mol. The lowest BCUT2D eigenvalue weighted by Crippen LogP contribution is -2.50. The summed E-state index contributed by atoms with van der Waals surface area (Å²) in [6, 6.07) is 6.09. The molecular formula is C13H14FNO3. The Hall–Kier alpha value is -1.88. The molecule has 0 spiro atoms. The van der Waals surface area contributed by atoms with Crippen molar-refractivity contribution in [1.82, 2.24) is 5.48 Å². The quantitative estimate of drug-likeness (QED) is 0.828. The summed E-state index contributed by atoms with van der Waals surface area (Å²) >= 11 is 0. The van der Waals surface area contributed by atoms with Crippen molar-refractivity contribution in [1.29, 1.82) is 0 Å². The molecule has 0 radical (unpaired) electrons. The zero-order valence-corrected chi connectivity index (χ0v) is 9.98. The van der Waals surface area contributed by atoms with Crippen molar-refractivity contribution in [2.45, 2.75) is 18.9 Å². The van der Waals surface area contributed by atoms with Crippen molar-refractivity contribution in [3.63, 3.8) is 0 Å². The molecule has 0 saturated carbocycles. The van der Waals surface area contributed by atoms with Gasteiger partial charge in [0.1, 0.15) is 12.1 Å². The standard InChI is InChI=1S/C13H14FNO3/c1-2-17-12(16)13(6-7-18-15-13)9-10-4-3-5-11(14)8-10/h3-8,15H,2,9H2,1H3. The number of carbonyl (C=O) groups is 1. The smallest absolute Gasteiger partial charge is 0.334 e. The molecule has 18 heavy (non-hydrogen) atoms. The molecule has 1 unspecified atom stereocenters. The molecule has 0 saturated heterocycles. The SMILES string of the molecule is CCOC(=O)C1(Cc2cccc(F)c2)C=CON1. The van der Waals surface area contributed by atoms with E-state index in [0.29, 0.717) is 5.56 Å². The number of ether oxygens (including phenoxy) is 1. The first-order valence-corrected chi connectivity index (χ1v) is 5.68. The molecule has 1 N–H and O–H groups in total. The zero-order chi connectivity index (χ0) is 13.0. The van der Waals surface area contributed by atoms with Crippen molar-refractivity contribution in [2.75, 3.05) is 6.61 Å². The van der Waals surface area contributed by atoms with Gasteiger partial charge in [-0.3, -0.25) is 0 Å². The topological polar surface area (TPSA) is 47.6 Å². The summed E-state index contributed by atoms with van der Waals surface area (Å²) in [4.78, 5) is 16.9. The van der Waals surface area contributed by atoms with E-state index in [1.807, 2.05) is 0 Å². The summed E-state index contributed by atoms with van der Waals surface area (Å²) in [5.74, 6) is -0.780. The van der Waals surface area contributed by atoms with Gasteiger partial charge >= 0.3 is 5.97 Å². The van der Waals surface area contributed by atoms with E-state index in [0.717, 1.165) is 0 Å². The molecule has 2 rings (SSSR count). The number of hydrogen-bond donors (Lipinski definition) is 1. The van der Waals surface area contributed by atoms with Crippen LogP contribution in [0.4, 0.5) is 4.39 Å².